The number of nitrogens with zero attached hydrogens (tertiary/aromatic N) is 4. The molecular weight excluding hydrogens is 220 g/mol. The Balaban J connectivity index is 1.85. The third-order valence-electron chi connectivity index (χ3n) is 2.50. The maximum atomic E-state index is 10.5. The zero-order valence-corrected chi connectivity index (χ0v) is 9.19. The molecule has 0 amide bonds. The van der Waals surface area contributed by atoms with Crippen LogP contribution >= 0.6 is 0 Å². The van der Waals surface area contributed by atoms with Gasteiger partial charge in [0.15, 0.2) is 0 Å². The van der Waals surface area contributed by atoms with Crippen molar-refractivity contribution in [2.45, 2.75) is 19.4 Å². The zero-order valence-electron chi connectivity index (χ0n) is 9.19. The Morgan fingerprint density at radius 1 is 1.18 bits per heavy atom. The molecule has 1 aromatic carbocycles. The van der Waals surface area contributed by atoms with Crippen molar-refractivity contribution in [3.63, 3.8) is 0 Å². The van der Waals surface area contributed by atoms with Gasteiger partial charge in [-0.3, -0.25) is 10.1 Å². The minimum Gasteiger partial charge on any atom is -0.320 e. The average molecular weight is 232 g/mol. The van der Waals surface area contributed by atoms with E-state index in [1.54, 1.807) is 24.8 Å². The number of aromatic nitrogens is 3. The standard InChI is InChI=1S/C11H12N4O2/c16-15(17)11-5-3-10(4-6-11)2-1-7-14-8-12-13-9-14/h3-6,8-9H,1-2,7H2. The number of non-ortho nitro benzene ring substituents is 1. The van der Waals surface area contributed by atoms with Crippen molar-refractivity contribution in [3.8, 4) is 0 Å². The lowest BCUT2D eigenvalue weighted by molar-refractivity contribution is -0.384. The maximum Gasteiger partial charge on any atom is 0.269 e. The normalized spacial score (nSPS) is 10.4. The molecule has 0 aliphatic rings. The van der Waals surface area contributed by atoms with Gasteiger partial charge >= 0.3 is 0 Å². The third-order valence-corrected chi connectivity index (χ3v) is 2.50. The second-order valence-electron chi connectivity index (χ2n) is 3.73. The summed E-state index contributed by atoms with van der Waals surface area (Å²) < 4.78 is 1.91. The monoisotopic (exact) mass is 232 g/mol. The van der Waals surface area contributed by atoms with E-state index in [4.69, 9.17) is 0 Å². The van der Waals surface area contributed by atoms with Crippen LogP contribution < -0.4 is 0 Å². The topological polar surface area (TPSA) is 73.8 Å². The summed E-state index contributed by atoms with van der Waals surface area (Å²) in [4.78, 5) is 10.1. The molecule has 0 saturated heterocycles. The first-order valence-corrected chi connectivity index (χ1v) is 5.31. The average Bonchev–Trinajstić information content (AvgIpc) is 2.83. The lowest BCUT2D eigenvalue weighted by atomic mass is 10.1. The highest BCUT2D eigenvalue weighted by atomic mass is 16.6. The van der Waals surface area contributed by atoms with E-state index < -0.39 is 0 Å². The minimum absolute atomic E-state index is 0.132. The molecule has 0 radical (unpaired) electrons. The molecule has 88 valence electrons. The number of benzene rings is 1. The predicted octanol–water partition coefficient (Wildman–Crippen LogP) is 1.82. The van der Waals surface area contributed by atoms with Crippen LogP contribution in [0.25, 0.3) is 0 Å². The second-order valence-corrected chi connectivity index (χ2v) is 3.73. The summed E-state index contributed by atoms with van der Waals surface area (Å²) in [6.45, 7) is 0.851. The first-order chi connectivity index (χ1) is 8.25. The first kappa shape index (κ1) is 11.3. The number of rotatable bonds is 5. The summed E-state index contributed by atoms with van der Waals surface area (Å²) >= 11 is 0. The summed E-state index contributed by atoms with van der Waals surface area (Å²) in [6.07, 6.45) is 5.19. The van der Waals surface area contributed by atoms with Crippen molar-refractivity contribution in [1.29, 1.82) is 0 Å². The summed E-state index contributed by atoms with van der Waals surface area (Å²) in [5.74, 6) is 0. The van der Waals surface area contributed by atoms with Gasteiger partial charge in [0.05, 0.1) is 4.92 Å². The van der Waals surface area contributed by atoms with Crippen molar-refractivity contribution in [2.24, 2.45) is 0 Å². The zero-order chi connectivity index (χ0) is 12.1. The van der Waals surface area contributed by atoms with Gasteiger partial charge in [-0.05, 0) is 18.4 Å². The van der Waals surface area contributed by atoms with Gasteiger partial charge in [0.1, 0.15) is 12.7 Å². The molecular formula is C11H12N4O2. The van der Waals surface area contributed by atoms with E-state index in [0.29, 0.717) is 0 Å². The van der Waals surface area contributed by atoms with Gasteiger partial charge in [0.25, 0.3) is 5.69 Å². The fourth-order valence-corrected chi connectivity index (χ4v) is 1.59. The molecule has 0 aliphatic carbocycles. The van der Waals surface area contributed by atoms with Crippen LogP contribution in [0, 0.1) is 10.1 Å². The summed E-state index contributed by atoms with van der Waals surface area (Å²) in [7, 11) is 0. The molecule has 6 nitrogen and oxygen atoms in total. The number of nitro groups is 1. The molecule has 1 heterocycles. The Hall–Kier alpha value is -2.24. The molecule has 2 aromatic rings. The molecule has 0 aliphatic heterocycles. The second kappa shape index (κ2) is 5.20. The molecule has 0 atom stereocenters. The molecule has 6 heteroatoms. The molecule has 0 spiro atoms. The SMILES string of the molecule is O=[N+]([O-])c1ccc(CCCn2cnnc2)cc1. The summed E-state index contributed by atoms with van der Waals surface area (Å²) in [5, 5.41) is 17.9. The van der Waals surface area contributed by atoms with Crippen LogP contribution in [0.3, 0.4) is 0 Å². The molecule has 17 heavy (non-hydrogen) atoms. The van der Waals surface area contributed by atoms with Crippen LogP contribution in [-0.2, 0) is 13.0 Å². The van der Waals surface area contributed by atoms with Crippen LogP contribution in [0.1, 0.15) is 12.0 Å². The van der Waals surface area contributed by atoms with Gasteiger partial charge in [0.2, 0.25) is 0 Å². The summed E-state index contributed by atoms with van der Waals surface area (Å²) in [6, 6.07) is 6.66. The van der Waals surface area contributed by atoms with Crippen molar-refractivity contribution in [1.82, 2.24) is 14.8 Å². The lowest BCUT2D eigenvalue weighted by Gasteiger charge is -2.01. The fraction of sp³-hybridized carbons (Fsp3) is 0.273. The highest BCUT2D eigenvalue weighted by molar-refractivity contribution is 5.32. The first-order valence-electron chi connectivity index (χ1n) is 5.31. The Morgan fingerprint density at radius 2 is 1.82 bits per heavy atom. The van der Waals surface area contributed by atoms with Gasteiger partial charge in [-0.15, -0.1) is 10.2 Å². The Kier molecular flexibility index (Phi) is 3.44. The van der Waals surface area contributed by atoms with E-state index in [0.717, 1.165) is 24.9 Å². The van der Waals surface area contributed by atoms with E-state index >= 15 is 0 Å². The minimum atomic E-state index is -0.388. The van der Waals surface area contributed by atoms with Crippen LogP contribution in [0.2, 0.25) is 0 Å². The molecule has 0 bridgehead atoms. The van der Waals surface area contributed by atoms with Crippen LogP contribution in [-0.4, -0.2) is 19.7 Å². The van der Waals surface area contributed by atoms with Crippen molar-refractivity contribution in [2.75, 3.05) is 0 Å². The molecule has 1 aromatic heterocycles. The van der Waals surface area contributed by atoms with E-state index in [2.05, 4.69) is 10.2 Å². The fourth-order valence-electron chi connectivity index (χ4n) is 1.59. The van der Waals surface area contributed by atoms with E-state index in [-0.39, 0.29) is 10.6 Å². The molecule has 2 rings (SSSR count). The highest BCUT2D eigenvalue weighted by Crippen LogP contribution is 2.13. The Bertz CT molecular complexity index is 479. The van der Waals surface area contributed by atoms with E-state index in [9.17, 15) is 10.1 Å². The van der Waals surface area contributed by atoms with Gasteiger partial charge in [-0.25, -0.2) is 0 Å². The third kappa shape index (κ3) is 3.10. The van der Waals surface area contributed by atoms with Crippen molar-refractivity contribution >= 4 is 5.69 Å². The molecule has 0 N–H and O–H groups in total. The van der Waals surface area contributed by atoms with Crippen molar-refractivity contribution in [3.05, 3.63) is 52.6 Å². The quantitative estimate of drug-likeness (QED) is 0.582. The van der Waals surface area contributed by atoms with Crippen LogP contribution in [0.4, 0.5) is 5.69 Å². The number of nitro benzene ring substituents is 1. The maximum absolute atomic E-state index is 10.5. The predicted molar refractivity (Wildman–Crippen MR) is 61.4 cm³/mol. The van der Waals surface area contributed by atoms with Gasteiger partial charge in [-0.2, -0.15) is 0 Å². The van der Waals surface area contributed by atoms with E-state index in [1.165, 1.54) is 12.1 Å². The van der Waals surface area contributed by atoms with E-state index in [1.807, 2.05) is 4.57 Å². The summed E-state index contributed by atoms with van der Waals surface area (Å²) in [5.41, 5.74) is 1.23. The molecule has 0 saturated carbocycles. The number of hydrogen-bond donors (Lipinski definition) is 0. The van der Waals surface area contributed by atoms with Crippen molar-refractivity contribution < 1.29 is 4.92 Å². The number of hydrogen-bond acceptors (Lipinski definition) is 4. The van der Waals surface area contributed by atoms with Crippen LogP contribution in [0.5, 0.6) is 0 Å². The molecule has 0 unspecified atom stereocenters. The van der Waals surface area contributed by atoms with Gasteiger partial charge in [-0.1, -0.05) is 12.1 Å². The van der Waals surface area contributed by atoms with Crippen LogP contribution in [0.15, 0.2) is 36.9 Å². The van der Waals surface area contributed by atoms with Gasteiger partial charge in [0, 0.05) is 18.7 Å². The number of aryl methyl sites for hydroxylation is 2. The Labute approximate surface area is 98.1 Å². The highest BCUT2D eigenvalue weighted by Gasteiger charge is 2.03. The molecule has 0 fully saturated rings. The Morgan fingerprint density at radius 3 is 2.41 bits per heavy atom. The largest absolute Gasteiger partial charge is 0.320 e. The lowest BCUT2D eigenvalue weighted by Crippen LogP contribution is -1.97. The van der Waals surface area contributed by atoms with Gasteiger partial charge < -0.3 is 4.57 Å². The smallest absolute Gasteiger partial charge is 0.269 e.